The number of dihydropyridines is 1. The molecular weight excluding hydrogens is 384 g/mol. The van der Waals surface area contributed by atoms with Gasteiger partial charge in [-0.3, -0.25) is 9.79 Å². The lowest BCUT2D eigenvalue weighted by Crippen LogP contribution is -2.30. The van der Waals surface area contributed by atoms with Crippen molar-refractivity contribution in [2.24, 2.45) is 10.9 Å². The number of nitrogens with one attached hydrogen (secondary N) is 2. The highest BCUT2D eigenvalue weighted by molar-refractivity contribution is 5.83. The number of rotatable bonds is 0. The van der Waals surface area contributed by atoms with Gasteiger partial charge >= 0.3 is 0 Å². The molecule has 3 aliphatic rings. The van der Waals surface area contributed by atoms with Crippen molar-refractivity contribution in [3.8, 4) is 11.4 Å². The molecule has 1 unspecified atom stereocenters. The molecule has 152 valence electrons. The molecule has 1 atom stereocenters. The number of aromatic nitrogens is 5. The molecule has 0 saturated heterocycles. The minimum Gasteiger partial charge on any atom is -0.484 e. The molecule has 10 nitrogen and oxygen atoms in total. The zero-order valence-electron chi connectivity index (χ0n) is 16.2. The van der Waals surface area contributed by atoms with E-state index in [1.165, 1.54) is 0 Å². The highest BCUT2D eigenvalue weighted by Gasteiger charge is 2.14. The minimum atomic E-state index is -0.138. The fourth-order valence-corrected chi connectivity index (χ4v) is 3.45. The number of aliphatic imine (C=N–C) groups is 1. The number of benzene rings is 1. The van der Waals surface area contributed by atoms with Crippen molar-refractivity contribution in [1.82, 2.24) is 30.3 Å². The molecule has 0 fully saturated rings. The Balaban J connectivity index is 1.51. The van der Waals surface area contributed by atoms with Gasteiger partial charge < -0.3 is 15.4 Å². The van der Waals surface area contributed by atoms with E-state index in [-0.39, 0.29) is 12.5 Å². The lowest BCUT2D eigenvalue weighted by molar-refractivity contribution is -0.123. The van der Waals surface area contributed by atoms with Gasteiger partial charge in [0.25, 0.3) is 5.91 Å². The third-order valence-corrected chi connectivity index (χ3v) is 4.96. The maximum absolute atomic E-state index is 12.0. The summed E-state index contributed by atoms with van der Waals surface area (Å²) >= 11 is 0. The zero-order chi connectivity index (χ0) is 20.3. The Kier molecular flexibility index (Phi) is 4.80. The van der Waals surface area contributed by atoms with Crippen LogP contribution in [0, 0.1) is 5.92 Å². The quantitative estimate of drug-likeness (QED) is 0.583. The van der Waals surface area contributed by atoms with Crippen LogP contribution in [-0.4, -0.2) is 56.8 Å². The molecule has 6 rings (SSSR count). The average Bonchev–Trinajstić information content (AvgIpc) is 3.19. The lowest BCUT2D eigenvalue weighted by Gasteiger charge is -2.17. The van der Waals surface area contributed by atoms with Crippen LogP contribution < -0.4 is 15.4 Å². The number of nitrogens with zero attached hydrogens (tertiary/aromatic N) is 6. The van der Waals surface area contributed by atoms with Crippen LogP contribution in [0.3, 0.4) is 0 Å². The molecule has 3 aromatic rings. The number of carbonyl (C=O) groups excluding carboxylic acids is 1. The first kappa shape index (κ1) is 18.2. The van der Waals surface area contributed by atoms with E-state index in [0.717, 1.165) is 30.8 Å². The van der Waals surface area contributed by atoms with E-state index in [1.54, 1.807) is 29.2 Å². The Morgan fingerprint density at radius 2 is 2.10 bits per heavy atom. The Morgan fingerprint density at radius 1 is 1.20 bits per heavy atom. The number of hydrogen-bond donors (Lipinski definition) is 2. The maximum atomic E-state index is 12.0. The molecule has 0 spiro atoms. The third-order valence-electron chi connectivity index (χ3n) is 4.96. The smallest absolute Gasteiger partial charge is 0.257 e. The van der Waals surface area contributed by atoms with Crippen LogP contribution in [-0.2, 0) is 4.79 Å². The molecule has 6 bridgehead atoms. The summed E-state index contributed by atoms with van der Waals surface area (Å²) < 4.78 is 7.22. The van der Waals surface area contributed by atoms with Gasteiger partial charge in [-0.1, -0.05) is 11.3 Å². The Labute approximate surface area is 172 Å². The van der Waals surface area contributed by atoms with Gasteiger partial charge in [0.05, 0.1) is 17.6 Å². The van der Waals surface area contributed by atoms with Crippen LogP contribution in [0.2, 0.25) is 0 Å². The summed E-state index contributed by atoms with van der Waals surface area (Å²) in [5, 5.41) is 14.5. The molecule has 0 saturated carbocycles. The van der Waals surface area contributed by atoms with Crippen molar-refractivity contribution < 1.29 is 9.53 Å². The molecule has 1 aromatic carbocycles. The van der Waals surface area contributed by atoms with Crippen LogP contribution in [0.1, 0.15) is 12.8 Å². The second-order valence-corrected chi connectivity index (χ2v) is 7.18. The molecular formula is C20H20N8O2. The van der Waals surface area contributed by atoms with Crippen molar-refractivity contribution in [2.45, 2.75) is 12.8 Å². The number of ether oxygens (including phenoxy) is 1. The molecule has 0 aliphatic carbocycles. The van der Waals surface area contributed by atoms with Crippen molar-refractivity contribution in [1.29, 1.82) is 0 Å². The van der Waals surface area contributed by atoms with Crippen molar-refractivity contribution >= 4 is 29.2 Å². The number of carbonyl (C=O) groups is 1. The van der Waals surface area contributed by atoms with Crippen LogP contribution in [0.25, 0.3) is 16.9 Å². The lowest BCUT2D eigenvalue weighted by atomic mass is 10.0. The van der Waals surface area contributed by atoms with Gasteiger partial charge in [0.1, 0.15) is 5.75 Å². The van der Waals surface area contributed by atoms with Crippen LogP contribution >= 0.6 is 0 Å². The molecule has 1 amide bonds. The first-order valence-electron chi connectivity index (χ1n) is 9.82. The van der Waals surface area contributed by atoms with Crippen LogP contribution in [0.5, 0.6) is 5.75 Å². The van der Waals surface area contributed by atoms with E-state index >= 15 is 0 Å². The van der Waals surface area contributed by atoms with E-state index in [0.29, 0.717) is 35.3 Å². The second-order valence-electron chi connectivity index (χ2n) is 7.18. The van der Waals surface area contributed by atoms with Gasteiger partial charge in [0.15, 0.2) is 17.8 Å². The van der Waals surface area contributed by atoms with E-state index in [1.807, 2.05) is 12.1 Å². The fraction of sp³-hybridized carbons (Fsp3) is 0.300. The number of anilines is 1. The zero-order valence-corrected chi connectivity index (χ0v) is 16.2. The molecule has 2 aromatic heterocycles. The Hall–Kier alpha value is -3.82. The summed E-state index contributed by atoms with van der Waals surface area (Å²) in [6.45, 7) is 1.31. The summed E-state index contributed by atoms with van der Waals surface area (Å²) in [6.07, 6.45) is 7.34. The SMILES string of the molecule is O=C1COc2ccc(cc2)-n2nnc3cnc(nc32)NC2=CC(CCCN1)CN=C2. The molecule has 5 heterocycles. The minimum absolute atomic E-state index is 0.0239. The first-order chi connectivity index (χ1) is 14.7. The predicted molar refractivity (Wildman–Crippen MR) is 111 cm³/mol. The Morgan fingerprint density at radius 3 is 3.00 bits per heavy atom. The van der Waals surface area contributed by atoms with Crippen molar-refractivity contribution in [3.63, 3.8) is 0 Å². The van der Waals surface area contributed by atoms with Crippen molar-refractivity contribution in [2.75, 3.05) is 25.0 Å². The highest BCUT2D eigenvalue weighted by Crippen LogP contribution is 2.20. The van der Waals surface area contributed by atoms with Crippen LogP contribution in [0.15, 0.2) is 47.2 Å². The van der Waals surface area contributed by atoms with E-state index < -0.39 is 0 Å². The molecule has 0 radical (unpaired) electrons. The predicted octanol–water partition coefficient (Wildman–Crippen LogP) is 1.50. The maximum Gasteiger partial charge on any atom is 0.257 e. The monoisotopic (exact) mass is 404 g/mol. The Bertz CT molecular complexity index is 1140. The third kappa shape index (κ3) is 3.84. The average molecular weight is 404 g/mol. The summed E-state index contributed by atoms with van der Waals surface area (Å²) in [4.78, 5) is 25.4. The van der Waals surface area contributed by atoms with Gasteiger partial charge in [0, 0.05) is 19.3 Å². The standard InChI is InChI=1S/C20H20N8O2/c29-18-12-30-16-5-3-15(4-6-16)28-19-17(26-27-28)11-23-20(25-19)24-14-8-13(9-21-10-14)2-1-7-22-18/h3-6,8,10-11,13H,1-2,7,9,12H2,(H,22,29)(H,23,24,25). The number of allylic oxidation sites excluding steroid dienone is 1. The number of hydrogen-bond acceptors (Lipinski definition) is 8. The fourth-order valence-electron chi connectivity index (χ4n) is 3.45. The molecule has 2 N–H and O–H groups in total. The highest BCUT2D eigenvalue weighted by atomic mass is 16.5. The summed E-state index contributed by atoms with van der Waals surface area (Å²) in [7, 11) is 0. The van der Waals surface area contributed by atoms with E-state index in [2.05, 4.69) is 42.0 Å². The van der Waals surface area contributed by atoms with Crippen molar-refractivity contribution in [3.05, 3.63) is 42.2 Å². The summed E-state index contributed by atoms with van der Waals surface area (Å²) in [6, 6.07) is 7.25. The largest absolute Gasteiger partial charge is 0.484 e. The molecule has 3 aliphatic heterocycles. The van der Waals surface area contributed by atoms with Gasteiger partial charge in [-0.15, -0.1) is 5.10 Å². The van der Waals surface area contributed by atoms with E-state index in [4.69, 9.17) is 4.74 Å². The summed E-state index contributed by atoms with van der Waals surface area (Å²) in [5.74, 6) is 1.21. The molecule has 10 heteroatoms. The number of amides is 1. The van der Waals surface area contributed by atoms with Crippen LogP contribution in [0.4, 0.5) is 5.95 Å². The van der Waals surface area contributed by atoms with Gasteiger partial charge in [0.2, 0.25) is 5.95 Å². The first-order valence-corrected chi connectivity index (χ1v) is 9.82. The normalized spacial score (nSPS) is 19.3. The summed E-state index contributed by atoms with van der Waals surface area (Å²) in [5.41, 5.74) is 2.80. The topological polar surface area (TPSA) is 119 Å². The second kappa shape index (κ2) is 7.90. The molecule has 30 heavy (non-hydrogen) atoms. The number of fused-ring (bicyclic) bond motifs is 8. The van der Waals surface area contributed by atoms with Gasteiger partial charge in [-0.2, -0.15) is 9.67 Å². The van der Waals surface area contributed by atoms with Gasteiger partial charge in [-0.25, -0.2) is 4.98 Å². The van der Waals surface area contributed by atoms with Gasteiger partial charge in [-0.05, 0) is 43.0 Å². The van der Waals surface area contributed by atoms with E-state index in [9.17, 15) is 4.79 Å².